The molecule has 0 aliphatic carbocycles. The van der Waals surface area contributed by atoms with E-state index in [0.717, 1.165) is 0 Å². The van der Waals surface area contributed by atoms with E-state index in [1.54, 1.807) is 11.1 Å². The van der Waals surface area contributed by atoms with Crippen molar-refractivity contribution in [3.8, 4) is 0 Å². The number of rotatable bonds is 0. The smallest absolute Gasteiger partial charge is 0.0312 e. The van der Waals surface area contributed by atoms with E-state index in [-0.39, 0.29) is 0 Å². The first-order valence-corrected chi connectivity index (χ1v) is 5.58. The molecule has 0 amide bonds. The third-order valence-electron chi connectivity index (χ3n) is 3.27. The molecule has 1 aliphatic heterocycles. The average Bonchev–Trinajstić information content (AvgIpc) is 1.96. The minimum atomic E-state index is 0.361. The molecule has 1 heterocycles. The molecule has 1 rings (SSSR count). The van der Waals surface area contributed by atoms with Gasteiger partial charge in [0, 0.05) is 10.5 Å². The standard InChI is InChI=1S/C11H20S/c1-8-9(2)11(5,6)12-7-10(8,3)4/h7H2,1-6H3. The van der Waals surface area contributed by atoms with Crippen molar-refractivity contribution in [2.24, 2.45) is 5.41 Å². The van der Waals surface area contributed by atoms with Gasteiger partial charge in [0.25, 0.3) is 0 Å². The predicted molar refractivity (Wildman–Crippen MR) is 58.7 cm³/mol. The molecule has 0 saturated heterocycles. The molecular formula is C11H20S. The highest BCUT2D eigenvalue weighted by molar-refractivity contribution is 8.00. The Labute approximate surface area is 80.8 Å². The monoisotopic (exact) mass is 184 g/mol. The lowest BCUT2D eigenvalue weighted by Gasteiger charge is -2.41. The summed E-state index contributed by atoms with van der Waals surface area (Å²) in [6.07, 6.45) is 0. The van der Waals surface area contributed by atoms with Gasteiger partial charge >= 0.3 is 0 Å². The van der Waals surface area contributed by atoms with E-state index in [4.69, 9.17) is 0 Å². The summed E-state index contributed by atoms with van der Waals surface area (Å²) in [4.78, 5) is 0. The molecule has 0 fully saturated rings. The van der Waals surface area contributed by atoms with Crippen LogP contribution in [0, 0.1) is 5.41 Å². The Morgan fingerprint density at radius 2 is 1.50 bits per heavy atom. The van der Waals surface area contributed by atoms with Gasteiger partial charge < -0.3 is 0 Å². The number of hydrogen-bond donors (Lipinski definition) is 0. The maximum absolute atomic E-state index is 2.34. The summed E-state index contributed by atoms with van der Waals surface area (Å²) < 4.78 is 0.361. The van der Waals surface area contributed by atoms with Crippen molar-refractivity contribution in [2.75, 3.05) is 5.75 Å². The van der Waals surface area contributed by atoms with Gasteiger partial charge in [-0.15, -0.1) is 0 Å². The maximum Gasteiger partial charge on any atom is 0.0312 e. The first kappa shape index (κ1) is 10.2. The van der Waals surface area contributed by atoms with Gasteiger partial charge in [0.1, 0.15) is 0 Å². The Kier molecular flexibility index (Phi) is 2.37. The van der Waals surface area contributed by atoms with Crippen LogP contribution in [0.25, 0.3) is 0 Å². The lowest BCUT2D eigenvalue weighted by Crippen LogP contribution is -2.32. The van der Waals surface area contributed by atoms with Crippen LogP contribution in [0.1, 0.15) is 41.5 Å². The van der Waals surface area contributed by atoms with Crippen molar-refractivity contribution in [3.05, 3.63) is 11.1 Å². The van der Waals surface area contributed by atoms with Crippen LogP contribution >= 0.6 is 11.8 Å². The summed E-state index contributed by atoms with van der Waals surface area (Å²) in [6, 6.07) is 0. The third kappa shape index (κ3) is 1.56. The molecule has 70 valence electrons. The number of hydrogen-bond acceptors (Lipinski definition) is 1. The topological polar surface area (TPSA) is 0 Å². The maximum atomic E-state index is 2.34. The van der Waals surface area contributed by atoms with Gasteiger partial charge in [0.2, 0.25) is 0 Å². The van der Waals surface area contributed by atoms with Crippen LogP contribution in [0.15, 0.2) is 11.1 Å². The summed E-state index contributed by atoms with van der Waals surface area (Å²) in [6.45, 7) is 13.9. The minimum Gasteiger partial charge on any atom is -0.150 e. The SMILES string of the molecule is CC1=C(C)C(C)(C)SCC1(C)C. The molecule has 0 radical (unpaired) electrons. The summed E-state index contributed by atoms with van der Waals surface area (Å²) in [5, 5.41) is 0. The van der Waals surface area contributed by atoms with E-state index in [1.807, 2.05) is 0 Å². The van der Waals surface area contributed by atoms with Gasteiger partial charge in [0.15, 0.2) is 0 Å². The van der Waals surface area contributed by atoms with Crippen LogP contribution in [0.4, 0.5) is 0 Å². The van der Waals surface area contributed by atoms with Gasteiger partial charge in [0.05, 0.1) is 0 Å². The van der Waals surface area contributed by atoms with E-state index in [0.29, 0.717) is 10.2 Å². The van der Waals surface area contributed by atoms with Crippen LogP contribution < -0.4 is 0 Å². The van der Waals surface area contributed by atoms with Crippen molar-refractivity contribution in [1.82, 2.24) is 0 Å². The van der Waals surface area contributed by atoms with Gasteiger partial charge in [-0.2, -0.15) is 11.8 Å². The van der Waals surface area contributed by atoms with Gasteiger partial charge in [-0.05, 0) is 33.1 Å². The molecule has 12 heavy (non-hydrogen) atoms. The largest absolute Gasteiger partial charge is 0.150 e. The molecule has 0 bridgehead atoms. The summed E-state index contributed by atoms with van der Waals surface area (Å²) in [7, 11) is 0. The van der Waals surface area contributed by atoms with Crippen molar-refractivity contribution in [2.45, 2.75) is 46.3 Å². The minimum absolute atomic E-state index is 0.361. The lowest BCUT2D eigenvalue weighted by molar-refractivity contribution is 0.490. The van der Waals surface area contributed by atoms with Gasteiger partial charge in [-0.1, -0.05) is 25.0 Å². The predicted octanol–water partition coefficient (Wildman–Crippen LogP) is 3.87. The van der Waals surface area contributed by atoms with Crippen LogP contribution in [0.3, 0.4) is 0 Å². The lowest BCUT2D eigenvalue weighted by atomic mass is 9.81. The van der Waals surface area contributed by atoms with Crippen LogP contribution in [0.5, 0.6) is 0 Å². The molecule has 0 spiro atoms. The van der Waals surface area contributed by atoms with Crippen LogP contribution in [-0.2, 0) is 0 Å². The second kappa shape index (κ2) is 2.80. The van der Waals surface area contributed by atoms with E-state index in [9.17, 15) is 0 Å². The zero-order valence-corrected chi connectivity index (χ0v) is 9.93. The fourth-order valence-electron chi connectivity index (χ4n) is 1.54. The summed E-state index contributed by atoms with van der Waals surface area (Å²) >= 11 is 2.08. The zero-order chi connectivity index (χ0) is 9.57. The summed E-state index contributed by atoms with van der Waals surface area (Å²) in [5.74, 6) is 1.25. The number of thioether (sulfide) groups is 1. The molecule has 0 aromatic heterocycles. The molecular weight excluding hydrogens is 164 g/mol. The molecule has 1 heteroatoms. The van der Waals surface area contributed by atoms with E-state index in [2.05, 4.69) is 53.3 Å². The first-order chi connectivity index (χ1) is 5.27. The van der Waals surface area contributed by atoms with Crippen molar-refractivity contribution in [3.63, 3.8) is 0 Å². The molecule has 0 aromatic rings. The molecule has 0 N–H and O–H groups in total. The highest BCUT2D eigenvalue weighted by Gasteiger charge is 2.35. The molecule has 1 aliphatic rings. The quantitative estimate of drug-likeness (QED) is 0.515. The second-order valence-electron chi connectivity index (χ2n) is 4.93. The highest BCUT2D eigenvalue weighted by Crippen LogP contribution is 2.47. The first-order valence-electron chi connectivity index (χ1n) is 4.60. The summed E-state index contributed by atoms with van der Waals surface area (Å²) in [5.41, 5.74) is 3.57. The highest BCUT2D eigenvalue weighted by atomic mass is 32.2. The number of allylic oxidation sites excluding steroid dienone is 1. The second-order valence-corrected chi connectivity index (χ2v) is 6.53. The van der Waals surface area contributed by atoms with Crippen LogP contribution in [0.2, 0.25) is 0 Å². The van der Waals surface area contributed by atoms with Gasteiger partial charge in [-0.3, -0.25) is 0 Å². The van der Waals surface area contributed by atoms with Crippen molar-refractivity contribution in [1.29, 1.82) is 0 Å². The fraction of sp³-hybridized carbons (Fsp3) is 0.818. The fourth-order valence-corrected chi connectivity index (χ4v) is 2.84. The Bertz CT molecular complexity index is 197. The van der Waals surface area contributed by atoms with E-state index < -0.39 is 0 Å². The van der Waals surface area contributed by atoms with Crippen LogP contribution in [-0.4, -0.2) is 10.5 Å². The van der Waals surface area contributed by atoms with Gasteiger partial charge in [-0.25, -0.2) is 0 Å². The Balaban J connectivity index is 3.10. The average molecular weight is 184 g/mol. The van der Waals surface area contributed by atoms with E-state index in [1.165, 1.54) is 5.75 Å². The Morgan fingerprint density at radius 3 is 1.92 bits per heavy atom. The molecule has 0 atom stereocenters. The third-order valence-corrected chi connectivity index (χ3v) is 5.17. The molecule has 0 unspecified atom stereocenters. The zero-order valence-electron chi connectivity index (χ0n) is 9.12. The Hall–Kier alpha value is 0.0900. The van der Waals surface area contributed by atoms with Crippen molar-refractivity contribution < 1.29 is 0 Å². The van der Waals surface area contributed by atoms with Crippen molar-refractivity contribution >= 4 is 11.8 Å². The van der Waals surface area contributed by atoms with E-state index >= 15 is 0 Å². The molecule has 0 aromatic carbocycles. The Morgan fingerprint density at radius 1 is 1.00 bits per heavy atom. The normalized spacial score (nSPS) is 27.5. The molecule has 0 saturated carbocycles. The molecule has 0 nitrogen and oxygen atoms in total.